The highest BCUT2D eigenvalue weighted by Crippen LogP contribution is 2.23. The number of amides is 2. The Morgan fingerprint density at radius 3 is 2.32 bits per heavy atom. The van der Waals surface area contributed by atoms with E-state index in [9.17, 15) is 9.59 Å². The van der Waals surface area contributed by atoms with Gasteiger partial charge in [-0.05, 0) is 38.8 Å². The molecule has 1 unspecified atom stereocenters. The maximum Gasteiger partial charge on any atom is 0.243 e. The molecule has 0 saturated carbocycles. The second-order valence-corrected chi connectivity index (χ2v) is 7.40. The molecular weight excluding hydrogens is 278 g/mol. The zero-order valence-corrected chi connectivity index (χ0v) is 14.2. The van der Waals surface area contributed by atoms with Gasteiger partial charge in [0.1, 0.15) is 6.04 Å². The number of aromatic nitrogens is 1. The van der Waals surface area contributed by atoms with Gasteiger partial charge in [0, 0.05) is 30.9 Å². The van der Waals surface area contributed by atoms with Crippen LogP contribution in [0.5, 0.6) is 0 Å². The molecule has 2 amide bonds. The van der Waals surface area contributed by atoms with Gasteiger partial charge in [0.05, 0.1) is 6.04 Å². The van der Waals surface area contributed by atoms with Gasteiger partial charge in [0.25, 0.3) is 0 Å². The number of carbonyl (C=O) groups excluding carboxylic acids is 2. The summed E-state index contributed by atoms with van der Waals surface area (Å²) in [6.45, 7) is 10.7. The Morgan fingerprint density at radius 2 is 1.86 bits per heavy atom. The first-order chi connectivity index (χ1) is 10.2. The van der Waals surface area contributed by atoms with Gasteiger partial charge >= 0.3 is 0 Å². The average molecular weight is 305 g/mol. The summed E-state index contributed by atoms with van der Waals surface area (Å²) < 4.78 is 1.93. The second-order valence-electron chi connectivity index (χ2n) is 7.40. The molecule has 0 bridgehead atoms. The number of nitrogens with one attached hydrogen (secondary N) is 1. The molecule has 0 spiro atoms. The van der Waals surface area contributed by atoms with Crippen LogP contribution in [0.4, 0.5) is 0 Å². The third kappa shape index (κ3) is 3.51. The molecule has 22 heavy (non-hydrogen) atoms. The normalized spacial score (nSPS) is 20.5. The molecule has 1 aliphatic rings. The van der Waals surface area contributed by atoms with E-state index in [1.54, 1.807) is 0 Å². The number of likely N-dealkylation sites (tertiary alicyclic amines) is 1. The van der Waals surface area contributed by atoms with Gasteiger partial charge in [-0.15, -0.1) is 0 Å². The molecule has 2 atom stereocenters. The first-order valence-corrected chi connectivity index (χ1v) is 7.93. The molecule has 1 aliphatic heterocycles. The first kappa shape index (κ1) is 16.6. The zero-order valence-electron chi connectivity index (χ0n) is 14.2. The van der Waals surface area contributed by atoms with Crippen LogP contribution in [0, 0.1) is 5.92 Å². The number of carbonyl (C=O) groups is 2. The molecule has 2 heterocycles. The SMILES string of the molecule is CC(C)[C@@H](C(=O)NC1CC(=O)N(C(C)(C)C)C1)n1cccc1. The molecule has 1 saturated heterocycles. The standard InChI is InChI=1S/C17H27N3O2/c1-12(2)15(19-8-6-7-9-19)16(22)18-13-10-14(21)20(11-13)17(3,4)5/h6-9,12-13,15H,10-11H2,1-5H3,(H,18,22)/t13?,15-/m0/s1. The van der Waals surface area contributed by atoms with E-state index < -0.39 is 0 Å². The van der Waals surface area contributed by atoms with Gasteiger partial charge in [-0.3, -0.25) is 9.59 Å². The molecule has 0 aromatic carbocycles. The van der Waals surface area contributed by atoms with Crippen LogP contribution in [-0.4, -0.2) is 39.4 Å². The van der Waals surface area contributed by atoms with Gasteiger partial charge in [0.15, 0.2) is 0 Å². The zero-order chi connectivity index (χ0) is 16.5. The van der Waals surface area contributed by atoms with Gasteiger partial charge in [-0.1, -0.05) is 13.8 Å². The van der Waals surface area contributed by atoms with E-state index in [1.165, 1.54) is 0 Å². The Kier molecular flexibility index (Phi) is 4.63. The molecular formula is C17H27N3O2. The van der Waals surface area contributed by atoms with E-state index in [0.717, 1.165) is 0 Å². The maximum atomic E-state index is 12.6. The first-order valence-electron chi connectivity index (χ1n) is 7.93. The van der Waals surface area contributed by atoms with Crippen molar-refractivity contribution in [1.82, 2.24) is 14.8 Å². The Hall–Kier alpha value is -1.78. The predicted molar refractivity (Wildman–Crippen MR) is 86.3 cm³/mol. The number of hydrogen-bond acceptors (Lipinski definition) is 2. The van der Waals surface area contributed by atoms with E-state index in [2.05, 4.69) is 5.32 Å². The van der Waals surface area contributed by atoms with Gasteiger partial charge in [-0.25, -0.2) is 0 Å². The highest BCUT2D eigenvalue weighted by atomic mass is 16.2. The van der Waals surface area contributed by atoms with E-state index in [1.807, 2.05) is 68.6 Å². The monoisotopic (exact) mass is 305 g/mol. The van der Waals surface area contributed by atoms with Gasteiger partial charge < -0.3 is 14.8 Å². The topological polar surface area (TPSA) is 54.3 Å². The summed E-state index contributed by atoms with van der Waals surface area (Å²) in [6, 6.07) is 3.50. The lowest BCUT2D eigenvalue weighted by Crippen LogP contribution is -2.46. The minimum absolute atomic E-state index is 0.0141. The third-order valence-electron chi connectivity index (χ3n) is 4.13. The Balaban J connectivity index is 2.04. The largest absolute Gasteiger partial charge is 0.349 e. The van der Waals surface area contributed by atoms with Crippen molar-refractivity contribution >= 4 is 11.8 Å². The van der Waals surface area contributed by atoms with Crippen LogP contribution in [0.3, 0.4) is 0 Å². The van der Waals surface area contributed by atoms with Crippen molar-refractivity contribution in [3.05, 3.63) is 24.5 Å². The summed E-state index contributed by atoms with van der Waals surface area (Å²) in [5.41, 5.74) is -0.200. The van der Waals surface area contributed by atoms with Crippen molar-refractivity contribution in [3.63, 3.8) is 0 Å². The van der Waals surface area contributed by atoms with E-state index >= 15 is 0 Å². The van der Waals surface area contributed by atoms with E-state index in [4.69, 9.17) is 0 Å². The summed E-state index contributed by atoms with van der Waals surface area (Å²) in [7, 11) is 0. The van der Waals surface area contributed by atoms with Crippen LogP contribution >= 0.6 is 0 Å². The lowest BCUT2D eigenvalue weighted by atomic mass is 10.0. The molecule has 1 N–H and O–H groups in total. The Morgan fingerprint density at radius 1 is 1.27 bits per heavy atom. The average Bonchev–Trinajstić information content (AvgIpc) is 2.98. The molecule has 1 aromatic rings. The summed E-state index contributed by atoms with van der Waals surface area (Å²) in [5, 5.41) is 3.06. The van der Waals surface area contributed by atoms with Crippen molar-refractivity contribution in [2.75, 3.05) is 6.54 Å². The maximum absolute atomic E-state index is 12.6. The summed E-state index contributed by atoms with van der Waals surface area (Å²) in [6.07, 6.45) is 4.20. The molecule has 0 radical (unpaired) electrons. The fourth-order valence-corrected chi connectivity index (χ4v) is 3.05. The minimum Gasteiger partial charge on any atom is -0.349 e. The van der Waals surface area contributed by atoms with Gasteiger partial charge in [-0.2, -0.15) is 0 Å². The van der Waals surface area contributed by atoms with E-state index in [-0.39, 0.29) is 35.4 Å². The van der Waals surface area contributed by atoms with E-state index in [0.29, 0.717) is 13.0 Å². The smallest absolute Gasteiger partial charge is 0.243 e. The quantitative estimate of drug-likeness (QED) is 0.927. The lowest BCUT2D eigenvalue weighted by Gasteiger charge is -2.32. The molecule has 122 valence electrons. The van der Waals surface area contributed by atoms with Crippen molar-refractivity contribution in [1.29, 1.82) is 0 Å². The fourth-order valence-electron chi connectivity index (χ4n) is 3.05. The molecule has 1 fully saturated rings. The molecule has 5 heteroatoms. The molecule has 2 rings (SSSR count). The van der Waals surface area contributed by atoms with Crippen LogP contribution in [0.15, 0.2) is 24.5 Å². The van der Waals surface area contributed by atoms with Crippen LogP contribution in [0.25, 0.3) is 0 Å². The summed E-state index contributed by atoms with van der Waals surface area (Å²) in [4.78, 5) is 26.6. The molecule has 1 aromatic heterocycles. The number of nitrogens with zero attached hydrogens (tertiary/aromatic N) is 2. The molecule has 5 nitrogen and oxygen atoms in total. The van der Waals surface area contributed by atoms with Crippen LogP contribution < -0.4 is 5.32 Å². The summed E-state index contributed by atoms with van der Waals surface area (Å²) >= 11 is 0. The van der Waals surface area contributed by atoms with Crippen LogP contribution in [-0.2, 0) is 9.59 Å². The van der Waals surface area contributed by atoms with Crippen LogP contribution in [0.2, 0.25) is 0 Å². The number of hydrogen-bond donors (Lipinski definition) is 1. The van der Waals surface area contributed by atoms with Crippen LogP contribution in [0.1, 0.15) is 47.1 Å². The molecule has 0 aliphatic carbocycles. The minimum atomic E-state index is -0.242. The van der Waals surface area contributed by atoms with Crippen molar-refractivity contribution < 1.29 is 9.59 Å². The van der Waals surface area contributed by atoms with Crippen molar-refractivity contribution in [2.24, 2.45) is 5.92 Å². The predicted octanol–water partition coefficient (Wildman–Crippen LogP) is 2.20. The number of rotatable bonds is 4. The van der Waals surface area contributed by atoms with Crippen molar-refractivity contribution in [3.8, 4) is 0 Å². The summed E-state index contributed by atoms with van der Waals surface area (Å²) in [5.74, 6) is 0.280. The Labute approximate surface area is 132 Å². The lowest BCUT2D eigenvalue weighted by molar-refractivity contribution is -0.131. The third-order valence-corrected chi connectivity index (χ3v) is 4.13. The van der Waals surface area contributed by atoms with Gasteiger partial charge in [0.2, 0.25) is 11.8 Å². The highest BCUT2D eigenvalue weighted by Gasteiger charge is 2.37. The highest BCUT2D eigenvalue weighted by molar-refractivity contribution is 5.84. The van der Waals surface area contributed by atoms with Crippen molar-refractivity contribution in [2.45, 2.75) is 58.7 Å². The second kappa shape index (κ2) is 6.15. The fraction of sp³-hybridized carbons (Fsp3) is 0.647. The Bertz CT molecular complexity index is 529.